The van der Waals surface area contributed by atoms with Crippen molar-refractivity contribution in [2.75, 3.05) is 26.2 Å². The van der Waals surface area contributed by atoms with Crippen LogP contribution in [0.15, 0.2) is 46.0 Å². The van der Waals surface area contributed by atoms with Gasteiger partial charge in [0.25, 0.3) is 0 Å². The third kappa shape index (κ3) is 5.04. The van der Waals surface area contributed by atoms with Gasteiger partial charge in [0.1, 0.15) is 17.9 Å². The average Bonchev–Trinajstić information content (AvgIpc) is 3.51. The van der Waals surface area contributed by atoms with Crippen LogP contribution in [0.3, 0.4) is 0 Å². The smallest absolute Gasteiger partial charge is 0.335 e. The predicted octanol–water partition coefficient (Wildman–Crippen LogP) is 2.44. The molecule has 212 valence electrons. The SMILES string of the molecule is CC(C)(C)N1C[C@@H]2[C@@H](C(N)=O)N(CC3=C(C(=O)O)[C@H](c4ccc(F)cc4Cl)N=C(c4nccs4)N3)CCN2C1=O. The molecule has 0 saturated carbocycles. The largest absolute Gasteiger partial charge is 0.478 e. The number of nitrogens with one attached hydrogen (secondary N) is 1. The highest BCUT2D eigenvalue weighted by molar-refractivity contribution is 7.11. The minimum absolute atomic E-state index is 0.00297. The van der Waals surface area contributed by atoms with Crippen molar-refractivity contribution < 1.29 is 23.9 Å². The van der Waals surface area contributed by atoms with Crippen LogP contribution < -0.4 is 11.1 Å². The van der Waals surface area contributed by atoms with Gasteiger partial charge in [0, 0.05) is 59.6 Å². The van der Waals surface area contributed by atoms with Crippen LogP contribution in [0.25, 0.3) is 0 Å². The van der Waals surface area contributed by atoms with Gasteiger partial charge in [-0.05, 0) is 32.9 Å². The lowest BCUT2D eigenvalue weighted by molar-refractivity contribution is -0.133. The van der Waals surface area contributed by atoms with Crippen molar-refractivity contribution in [1.29, 1.82) is 0 Å². The molecule has 1 aromatic carbocycles. The number of nitrogens with zero attached hydrogens (tertiary/aromatic N) is 5. The zero-order valence-corrected chi connectivity index (χ0v) is 23.7. The van der Waals surface area contributed by atoms with Gasteiger partial charge >= 0.3 is 12.0 Å². The lowest BCUT2D eigenvalue weighted by atomic mass is 9.94. The quantitative estimate of drug-likeness (QED) is 0.469. The Balaban J connectivity index is 1.55. The van der Waals surface area contributed by atoms with Crippen molar-refractivity contribution in [3.63, 3.8) is 0 Å². The number of carbonyl (C=O) groups is 3. The van der Waals surface area contributed by atoms with Crippen molar-refractivity contribution in [1.82, 2.24) is 25.0 Å². The van der Waals surface area contributed by atoms with Crippen LogP contribution in [0.2, 0.25) is 5.02 Å². The van der Waals surface area contributed by atoms with E-state index in [1.807, 2.05) is 20.8 Å². The maximum atomic E-state index is 13.9. The maximum absolute atomic E-state index is 13.9. The first-order valence-corrected chi connectivity index (χ1v) is 13.9. The molecule has 0 aliphatic carbocycles. The van der Waals surface area contributed by atoms with E-state index >= 15 is 0 Å². The highest BCUT2D eigenvalue weighted by Gasteiger charge is 2.51. The summed E-state index contributed by atoms with van der Waals surface area (Å²) in [6.07, 6.45) is 1.60. The molecule has 11 nitrogen and oxygen atoms in total. The molecule has 1 aromatic heterocycles. The molecule has 0 spiro atoms. The van der Waals surface area contributed by atoms with Gasteiger partial charge in [-0.3, -0.25) is 14.7 Å². The summed E-state index contributed by atoms with van der Waals surface area (Å²) in [4.78, 5) is 52.8. The number of halogens is 2. The third-order valence-corrected chi connectivity index (χ3v) is 8.45. The molecule has 0 radical (unpaired) electrons. The van der Waals surface area contributed by atoms with Gasteiger partial charge in [-0.1, -0.05) is 17.7 Å². The number of carbonyl (C=O) groups excluding carboxylic acids is 2. The second kappa shape index (κ2) is 10.5. The number of urea groups is 1. The van der Waals surface area contributed by atoms with E-state index in [0.29, 0.717) is 29.5 Å². The lowest BCUT2D eigenvalue weighted by Gasteiger charge is -2.43. The number of benzene rings is 1. The molecular formula is C26H29ClFN7O4S. The molecule has 4 N–H and O–H groups in total. The maximum Gasteiger partial charge on any atom is 0.335 e. The topological polar surface area (TPSA) is 144 Å². The van der Waals surface area contributed by atoms with Gasteiger partial charge in [0.05, 0.1) is 11.6 Å². The van der Waals surface area contributed by atoms with Crippen molar-refractivity contribution in [3.05, 3.63) is 62.5 Å². The highest BCUT2D eigenvalue weighted by atomic mass is 35.5. The first-order chi connectivity index (χ1) is 18.9. The Bertz CT molecular complexity index is 1420. The number of fused-ring (bicyclic) bond motifs is 1. The normalized spacial score (nSPS) is 23.7. The van der Waals surface area contributed by atoms with E-state index in [2.05, 4.69) is 15.3 Å². The number of carboxylic acids is 1. The first-order valence-electron chi connectivity index (χ1n) is 12.6. The summed E-state index contributed by atoms with van der Waals surface area (Å²) >= 11 is 7.67. The van der Waals surface area contributed by atoms with Gasteiger partial charge < -0.3 is 26.0 Å². The minimum Gasteiger partial charge on any atom is -0.478 e. The number of aromatic nitrogens is 1. The van der Waals surface area contributed by atoms with E-state index in [4.69, 9.17) is 17.3 Å². The minimum atomic E-state index is -1.25. The number of nitrogens with two attached hydrogens (primary N) is 1. The van der Waals surface area contributed by atoms with Gasteiger partial charge in [-0.15, -0.1) is 11.3 Å². The third-order valence-electron chi connectivity index (χ3n) is 7.34. The fourth-order valence-electron chi connectivity index (χ4n) is 5.49. The number of amidine groups is 1. The Morgan fingerprint density at radius 2 is 2.05 bits per heavy atom. The van der Waals surface area contributed by atoms with Crippen molar-refractivity contribution in [2.45, 2.75) is 44.4 Å². The fourth-order valence-corrected chi connectivity index (χ4v) is 6.35. The predicted molar refractivity (Wildman–Crippen MR) is 148 cm³/mol. The Morgan fingerprint density at radius 1 is 1.30 bits per heavy atom. The van der Waals surface area contributed by atoms with Crippen molar-refractivity contribution >= 4 is 46.7 Å². The molecule has 2 fully saturated rings. The molecule has 14 heteroatoms. The number of thiazole rings is 1. The number of amides is 3. The van der Waals surface area contributed by atoms with Crippen LogP contribution >= 0.6 is 22.9 Å². The molecular weight excluding hydrogens is 561 g/mol. The standard InChI is InChI=1S/C26H29ClFN7O4S/c1-26(2,3)35-12-17-20(21(29)36)33(7-8-34(17)25(35)39)11-16-18(24(37)38)19(14-5-4-13(28)10-15(14)27)32-22(31-16)23-30-6-9-40-23/h4-6,9-10,17,19-20H,7-8,11-12H2,1-3H3,(H2,29,36)(H,31,32)(H,37,38)/t17-,19+,20+/m1/s1. The number of aliphatic carboxylic acids is 1. The molecule has 5 rings (SSSR count). The molecule has 2 aromatic rings. The van der Waals surface area contributed by atoms with E-state index in [0.717, 1.165) is 6.07 Å². The first kappa shape index (κ1) is 28.0. The molecule has 0 unspecified atom stereocenters. The summed E-state index contributed by atoms with van der Waals surface area (Å²) in [6, 6.07) is 1.13. The van der Waals surface area contributed by atoms with E-state index in [1.165, 1.54) is 23.5 Å². The molecule has 3 aliphatic heterocycles. The number of hydrogen-bond donors (Lipinski definition) is 3. The summed E-state index contributed by atoms with van der Waals surface area (Å²) in [5.41, 5.74) is 5.93. The monoisotopic (exact) mass is 589 g/mol. The molecule has 0 bridgehead atoms. The van der Waals surface area contributed by atoms with Gasteiger partial charge in [-0.25, -0.2) is 19.0 Å². The van der Waals surface area contributed by atoms with Crippen LogP contribution in [0, 0.1) is 5.82 Å². The van der Waals surface area contributed by atoms with Crippen LogP contribution in [-0.4, -0.2) is 92.3 Å². The number of aliphatic imine (C=N–C) groups is 1. The Kier molecular flexibility index (Phi) is 7.31. The Hall–Kier alpha value is -3.55. The zero-order chi connectivity index (χ0) is 28.9. The van der Waals surface area contributed by atoms with Crippen LogP contribution in [-0.2, 0) is 9.59 Å². The van der Waals surface area contributed by atoms with E-state index in [1.54, 1.807) is 26.3 Å². The summed E-state index contributed by atoms with van der Waals surface area (Å²) in [5.74, 6) is -2.10. The summed E-state index contributed by atoms with van der Waals surface area (Å²) < 4.78 is 13.9. The molecule has 3 amide bonds. The number of piperazine rings is 1. The van der Waals surface area contributed by atoms with Gasteiger partial charge in [0.2, 0.25) is 5.91 Å². The molecule has 40 heavy (non-hydrogen) atoms. The van der Waals surface area contributed by atoms with Crippen LogP contribution in [0.4, 0.5) is 9.18 Å². The summed E-state index contributed by atoms with van der Waals surface area (Å²) in [5, 5.41) is 15.8. The molecule has 3 atom stereocenters. The molecule has 2 saturated heterocycles. The Labute approximate surface area is 239 Å². The molecule has 3 aliphatic rings. The number of rotatable bonds is 6. The summed E-state index contributed by atoms with van der Waals surface area (Å²) in [6.45, 7) is 6.73. The van der Waals surface area contributed by atoms with Gasteiger partial charge in [0.15, 0.2) is 10.8 Å². The van der Waals surface area contributed by atoms with E-state index in [9.17, 15) is 23.9 Å². The number of primary amides is 1. The number of hydrogen-bond acceptors (Lipinski definition) is 8. The molecule has 4 heterocycles. The second-order valence-electron chi connectivity index (χ2n) is 10.8. The van der Waals surface area contributed by atoms with Gasteiger partial charge in [-0.2, -0.15) is 0 Å². The Morgan fingerprint density at radius 3 is 2.65 bits per heavy atom. The van der Waals surface area contributed by atoms with Crippen LogP contribution in [0.1, 0.15) is 37.4 Å². The fraction of sp³-hybridized carbons (Fsp3) is 0.423. The van der Waals surface area contributed by atoms with Crippen LogP contribution in [0.5, 0.6) is 0 Å². The van der Waals surface area contributed by atoms with Crippen molar-refractivity contribution in [3.8, 4) is 0 Å². The lowest BCUT2D eigenvalue weighted by Crippen LogP contribution is -2.64. The van der Waals surface area contributed by atoms with Crippen molar-refractivity contribution in [2.24, 2.45) is 10.7 Å². The number of carboxylic acid groups (broad SMARTS) is 1. The zero-order valence-electron chi connectivity index (χ0n) is 22.1. The second-order valence-corrected chi connectivity index (χ2v) is 12.1. The summed E-state index contributed by atoms with van der Waals surface area (Å²) in [7, 11) is 0. The average molecular weight is 590 g/mol. The van der Waals surface area contributed by atoms with E-state index < -0.39 is 41.4 Å². The van der Waals surface area contributed by atoms with E-state index in [-0.39, 0.29) is 35.4 Å². The highest BCUT2D eigenvalue weighted by Crippen LogP contribution is 2.37.